The van der Waals surface area contributed by atoms with E-state index in [0.717, 1.165) is 17.7 Å². The maximum atomic E-state index is 13.7. The number of hydrogen-bond donors (Lipinski definition) is 0. The Morgan fingerprint density at radius 2 is 2.14 bits per heavy atom. The number of Topliss-reactive ketones (excluding diaryl/α,β-unsaturated/α-hetero) is 1. The van der Waals surface area contributed by atoms with Crippen LogP contribution in [0.4, 0.5) is 4.39 Å². The first-order valence-electron chi connectivity index (χ1n) is 6.87. The average Bonchev–Trinajstić information content (AvgIpc) is 2.92. The van der Waals surface area contributed by atoms with Crippen molar-refractivity contribution in [2.45, 2.75) is 19.3 Å². The highest BCUT2D eigenvalue weighted by Crippen LogP contribution is 2.27. The van der Waals surface area contributed by atoms with Gasteiger partial charge in [0.1, 0.15) is 11.6 Å². The molecule has 0 bridgehead atoms. The van der Waals surface area contributed by atoms with Crippen molar-refractivity contribution in [2.75, 3.05) is 6.61 Å². The summed E-state index contributed by atoms with van der Waals surface area (Å²) >= 11 is 5.91. The standard InChI is InChI=1S/C17H14ClFO2/c18-13-2-1-3-14(19)17(13)15(20)6-4-11-5-7-16-12(10-11)8-9-21-16/h1-3,5,7,10H,4,6,8-9H2. The van der Waals surface area contributed by atoms with Crippen molar-refractivity contribution in [1.82, 2.24) is 0 Å². The monoisotopic (exact) mass is 304 g/mol. The highest BCUT2D eigenvalue weighted by Gasteiger charge is 2.16. The third-order valence-corrected chi connectivity index (χ3v) is 3.95. The second-order valence-corrected chi connectivity index (χ2v) is 5.47. The number of hydrogen-bond acceptors (Lipinski definition) is 2. The van der Waals surface area contributed by atoms with Crippen LogP contribution in [0.2, 0.25) is 5.02 Å². The van der Waals surface area contributed by atoms with Crippen LogP contribution in [-0.4, -0.2) is 12.4 Å². The highest BCUT2D eigenvalue weighted by molar-refractivity contribution is 6.34. The molecule has 0 atom stereocenters. The quantitative estimate of drug-likeness (QED) is 0.790. The van der Waals surface area contributed by atoms with Crippen LogP contribution in [-0.2, 0) is 12.8 Å². The topological polar surface area (TPSA) is 26.3 Å². The number of halogens is 2. The summed E-state index contributed by atoms with van der Waals surface area (Å²) in [5.74, 6) is 0.0897. The van der Waals surface area contributed by atoms with Crippen LogP contribution >= 0.6 is 11.6 Å². The van der Waals surface area contributed by atoms with Crippen molar-refractivity contribution in [3.8, 4) is 5.75 Å². The summed E-state index contributed by atoms with van der Waals surface area (Å²) in [6.45, 7) is 0.711. The summed E-state index contributed by atoms with van der Waals surface area (Å²) in [5.41, 5.74) is 2.22. The van der Waals surface area contributed by atoms with Crippen LogP contribution in [0.25, 0.3) is 0 Å². The molecule has 0 unspecified atom stereocenters. The first kappa shape index (κ1) is 14.1. The molecule has 3 rings (SSSR count). The summed E-state index contributed by atoms with van der Waals surface area (Å²) in [7, 11) is 0. The van der Waals surface area contributed by atoms with Gasteiger partial charge in [0.15, 0.2) is 5.78 Å². The Labute approximate surface area is 127 Å². The fraction of sp³-hybridized carbons (Fsp3) is 0.235. The van der Waals surface area contributed by atoms with E-state index in [4.69, 9.17) is 16.3 Å². The van der Waals surface area contributed by atoms with Gasteiger partial charge in [-0.2, -0.15) is 0 Å². The summed E-state index contributed by atoms with van der Waals surface area (Å²) in [5, 5.41) is 0.169. The van der Waals surface area contributed by atoms with Gasteiger partial charge in [-0.25, -0.2) is 4.39 Å². The van der Waals surface area contributed by atoms with Crippen molar-refractivity contribution in [3.63, 3.8) is 0 Å². The van der Waals surface area contributed by atoms with E-state index in [1.165, 1.54) is 23.8 Å². The van der Waals surface area contributed by atoms with E-state index in [-0.39, 0.29) is 22.8 Å². The Kier molecular flexibility index (Phi) is 3.93. The third-order valence-electron chi connectivity index (χ3n) is 3.64. The lowest BCUT2D eigenvalue weighted by molar-refractivity contribution is 0.0979. The van der Waals surface area contributed by atoms with E-state index in [1.807, 2.05) is 12.1 Å². The summed E-state index contributed by atoms with van der Waals surface area (Å²) in [6.07, 6.45) is 1.70. The molecule has 1 aliphatic rings. The van der Waals surface area contributed by atoms with Crippen molar-refractivity contribution in [3.05, 3.63) is 63.9 Å². The fourth-order valence-corrected chi connectivity index (χ4v) is 2.81. The van der Waals surface area contributed by atoms with Gasteiger partial charge in [-0.15, -0.1) is 0 Å². The smallest absolute Gasteiger partial charge is 0.167 e. The van der Waals surface area contributed by atoms with Gasteiger partial charge in [0.25, 0.3) is 0 Å². The second-order valence-electron chi connectivity index (χ2n) is 5.06. The largest absolute Gasteiger partial charge is 0.493 e. The fourth-order valence-electron chi connectivity index (χ4n) is 2.54. The lowest BCUT2D eigenvalue weighted by atomic mass is 10.0. The minimum Gasteiger partial charge on any atom is -0.493 e. The van der Waals surface area contributed by atoms with E-state index >= 15 is 0 Å². The predicted molar refractivity (Wildman–Crippen MR) is 79.7 cm³/mol. The Hall–Kier alpha value is -1.87. The summed E-state index contributed by atoms with van der Waals surface area (Å²) in [6, 6.07) is 10.2. The zero-order chi connectivity index (χ0) is 14.8. The van der Waals surface area contributed by atoms with Gasteiger partial charge < -0.3 is 4.74 Å². The van der Waals surface area contributed by atoms with Gasteiger partial charge in [0.05, 0.1) is 17.2 Å². The molecule has 1 aliphatic heterocycles. The third kappa shape index (κ3) is 2.93. The minimum atomic E-state index is -0.560. The minimum absolute atomic E-state index is 0.0105. The van der Waals surface area contributed by atoms with Crippen LogP contribution in [0.5, 0.6) is 5.75 Å². The van der Waals surface area contributed by atoms with Crippen LogP contribution in [0, 0.1) is 5.82 Å². The average molecular weight is 305 g/mol. The Morgan fingerprint density at radius 1 is 1.29 bits per heavy atom. The van der Waals surface area contributed by atoms with Crippen LogP contribution < -0.4 is 4.74 Å². The van der Waals surface area contributed by atoms with E-state index in [9.17, 15) is 9.18 Å². The second kappa shape index (κ2) is 5.86. The number of rotatable bonds is 4. The lowest BCUT2D eigenvalue weighted by Gasteiger charge is -2.06. The maximum absolute atomic E-state index is 13.7. The van der Waals surface area contributed by atoms with Crippen molar-refractivity contribution < 1.29 is 13.9 Å². The molecule has 2 aromatic carbocycles. The molecule has 0 fully saturated rings. The molecule has 108 valence electrons. The molecule has 1 heterocycles. The summed E-state index contributed by atoms with van der Waals surface area (Å²) in [4.78, 5) is 12.1. The van der Waals surface area contributed by atoms with Crippen LogP contribution in [0.3, 0.4) is 0 Å². The first-order chi connectivity index (χ1) is 10.1. The van der Waals surface area contributed by atoms with Gasteiger partial charge in [-0.1, -0.05) is 29.8 Å². The van der Waals surface area contributed by atoms with Gasteiger partial charge in [0.2, 0.25) is 0 Å². The van der Waals surface area contributed by atoms with Crippen molar-refractivity contribution in [2.24, 2.45) is 0 Å². The van der Waals surface area contributed by atoms with E-state index < -0.39 is 5.82 Å². The zero-order valence-electron chi connectivity index (χ0n) is 11.4. The molecule has 0 N–H and O–H groups in total. The molecule has 0 saturated heterocycles. The molecular weight excluding hydrogens is 291 g/mol. The molecule has 0 spiro atoms. The van der Waals surface area contributed by atoms with Crippen LogP contribution in [0.1, 0.15) is 27.9 Å². The molecule has 4 heteroatoms. The molecule has 0 radical (unpaired) electrons. The SMILES string of the molecule is O=C(CCc1ccc2c(c1)CCO2)c1c(F)cccc1Cl. The van der Waals surface area contributed by atoms with E-state index in [0.29, 0.717) is 13.0 Å². The molecule has 0 aliphatic carbocycles. The Bertz CT molecular complexity index is 677. The molecule has 21 heavy (non-hydrogen) atoms. The first-order valence-corrected chi connectivity index (χ1v) is 7.25. The van der Waals surface area contributed by atoms with Gasteiger partial charge >= 0.3 is 0 Å². The predicted octanol–water partition coefficient (Wildman–Crippen LogP) is 4.23. The Morgan fingerprint density at radius 3 is 2.95 bits per heavy atom. The lowest BCUT2D eigenvalue weighted by Crippen LogP contribution is -2.05. The molecule has 2 aromatic rings. The number of aryl methyl sites for hydroxylation is 1. The van der Waals surface area contributed by atoms with Crippen molar-refractivity contribution in [1.29, 1.82) is 0 Å². The van der Waals surface area contributed by atoms with Crippen molar-refractivity contribution >= 4 is 17.4 Å². The van der Waals surface area contributed by atoms with Crippen LogP contribution in [0.15, 0.2) is 36.4 Å². The van der Waals surface area contributed by atoms with Gasteiger partial charge in [0, 0.05) is 12.8 Å². The number of carbonyl (C=O) groups excluding carboxylic acids is 1. The van der Waals surface area contributed by atoms with Gasteiger partial charge in [-0.05, 0) is 35.7 Å². The molecular formula is C17H14ClFO2. The molecule has 0 aromatic heterocycles. The number of ketones is 1. The molecule has 2 nitrogen and oxygen atoms in total. The van der Waals surface area contributed by atoms with E-state index in [1.54, 1.807) is 0 Å². The number of fused-ring (bicyclic) bond motifs is 1. The molecule has 0 amide bonds. The highest BCUT2D eigenvalue weighted by atomic mass is 35.5. The Balaban J connectivity index is 1.71. The molecule has 0 saturated carbocycles. The zero-order valence-corrected chi connectivity index (χ0v) is 12.1. The maximum Gasteiger partial charge on any atom is 0.167 e. The normalized spacial score (nSPS) is 12.9. The summed E-state index contributed by atoms with van der Waals surface area (Å²) < 4.78 is 19.1. The van der Waals surface area contributed by atoms with E-state index in [2.05, 4.69) is 6.07 Å². The number of ether oxygens (including phenoxy) is 1. The van der Waals surface area contributed by atoms with Gasteiger partial charge in [-0.3, -0.25) is 4.79 Å². The number of carbonyl (C=O) groups is 1. The number of benzene rings is 2.